The zero-order valence-corrected chi connectivity index (χ0v) is 7.34. The van der Waals surface area contributed by atoms with E-state index in [9.17, 15) is 4.79 Å². The summed E-state index contributed by atoms with van der Waals surface area (Å²) in [6.07, 6.45) is 8.10. The van der Waals surface area contributed by atoms with Gasteiger partial charge in [-0.2, -0.15) is 0 Å². The van der Waals surface area contributed by atoms with Crippen molar-refractivity contribution in [3.8, 4) is 0 Å². The first kappa shape index (κ1) is 7.59. The molecular weight excluding hydrogens is 150 g/mol. The highest BCUT2D eigenvalue weighted by Crippen LogP contribution is 2.29. The van der Waals surface area contributed by atoms with Crippen LogP contribution in [0.1, 0.15) is 25.7 Å². The minimum absolute atomic E-state index is 0.268. The molecule has 0 aromatic heterocycles. The van der Waals surface area contributed by atoms with Crippen LogP contribution in [0.15, 0.2) is 23.4 Å². The van der Waals surface area contributed by atoms with Crippen molar-refractivity contribution in [1.82, 2.24) is 4.90 Å². The molecule has 1 aliphatic carbocycles. The SMILES string of the molecule is CN1C(=O)CCC2=C1CCC=C2. The topological polar surface area (TPSA) is 20.3 Å². The quantitative estimate of drug-likeness (QED) is 0.533. The molecule has 2 aliphatic rings. The molecule has 0 atom stereocenters. The first-order valence-corrected chi connectivity index (χ1v) is 4.44. The second kappa shape index (κ2) is 2.77. The fourth-order valence-electron chi connectivity index (χ4n) is 1.87. The Hall–Kier alpha value is -1.05. The van der Waals surface area contributed by atoms with Crippen molar-refractivity contribution in [3.05, 3.63) is 23.4 Å². The van der Waals surface area contributed by atoms with E-state index in [1.165, 1.54) is 11.3 Å². The molecule has 0 saturated heterocycles. The van der Waals surface area contributed by atoms with Crippen LogP contribution in [0, 0.1) is 0 Å². The molecule has 64 valence electrons. The van der Waals surface area contributed by atoms with Crippen molar-refractivity contribution >= 4 is 5.91 Å². The number of hydrogen-bond donors (Lipinski definition) is 0. The maximum absolute atomic E-state index is 11.3. The second-order valence-corrected chi connectivity index (χ2v) is 3.37. The van der Waals surface area contributed by atoms with E-state index in [1.807, 2.05) is 11.9 Å². The van der Waals surface area contributed by atoms with Gasteiger partial charge in [0.05, 0.1) is 0 Å². The molecule has 0 radical (unpaired) electrons. The van der Waals surface area contributed by atoms with Crippen LogP contribution >= 0.6 is 0 Å². The Morgan fingerprint density at radius 2 is 2.17 bits per heavy atom. The van der Waals surface area contributed by atoms with Gasteiger partial charge in [0.15, 0.2) is 0 Å². The minimum Gasteiger partial charge on any atom is -0.319 e. The molecule has 2 nitrogen and oxygen atoms in total. The van der Waals surface area contributed by atoms with E-state index < -0.39 is 0 Å². The molecule has 1 aliphatic heterocycles. The van der Waals surface area contributed by atoms with Gasteiger partial charge < -0.3 is 4.90 Å². The summed E-state index contributed by atoms with van der Waals surface area (Å²) < 4.78 is 0. The number of hydrogen-bond acceptors (Lipinski definition) is 1. The highest BCUT2D eigenvalue weighted by atomic mass is 16.2. The molecule has 0 aromatic rings. The summed E-state index contributed by atoms with van der Waals surface area (Å²) in [6.45, 7) is 0. The van der Waals surface area contributed by atoms with Crippen LogP contribution in [0.3, 0.4) is 0 Å². The molecule has 1 amide bonds. The molecule has 0 bridgehead atoms. The fraction of sp³-hybridized carbons (Fsp3) is 0.500. The van der Waals surface area contributed by atoms with Crippen LogP contribution in [-0.4, -0.2) is 17.9 Å². The van der Waals surface area contributed by atoms with Gasteiger partial charge in [0.1, 0.15) is 0 Å². The monoisotopic (exact) mass is 163 g/mol. The van der Waals surface area contributed by atoms with E-state index in [0.29, 0.717) is 6.42 Å². The Morgan fingerprint density at radius 3 is 3.00 bits per heavy atom. The van der Waals surface area contributed by atoms with E-state index >= 15 is 0 Å². The third-order valence-corrected chi connectivity index (χ3v) is 2.62. The maximum Gasteiger partial charge on any atom is 0.226 e. The van der Waals surface area contributed by atoms with Gasteiger partial charge in [-0.15, -0.1) is 0 Å². The maximum atomic E-state index is 11.3. The van der Waals surface area contributed by atoms with Crippen LogP contribution in [0.25, 0.3) is 0 Å². The van der Waals surface area contributed by atoms with Crippen molar-refractivity contribution in [2.75, 3.05) is 7.05 Å². The first-order chi connectivity index (χ1) is 5.79. The molecule has 2 heteroatoms. The summed E-state index contributed by atoms with van der Waals surface area (Å²) in [7, 11) is 1.88. The van der Waals surface area contributed by atoms with Crippen LogP contribution in [0.2, 0.25) is 0 Å². The molecule has 12 heavy (non-hydrogen) atoms. The van der Waals surface area contributed by atoms with Gasteiger partial charge >= 0.3 is 0 Å². The first-order valence-electron chi connectivity index (χ1n) is 4.44. The lowest BCUT2D eigenvalue weighted by Crippen LogP contribution is -2.31. The zero-order chi connectivity index (χ0) is 8.55. The molecule has 0 spiro atoms. The molecule has 0 saturated carbocycles. The van der Waals surface area contributed by atoms with Crippen molar-refractivity contribution in [1.29, 1.82) is 0 Å². The lowest BCUT2D eigenvalue weighted by Gasteiger charge is -2.29. The molecule has 1 heterocycles. The number of carbonyl (C=O) groups is 1. The van der Waals surface area contributed by atoms with Crippen molar-refractivity contribution in [2.45, 2.75) is 25.7 Å². The fourth-order valence-corrected chi connectivity index (χ4v) is 1.87. The van der Waals surface area contributed by atoms with Gasteiger partial charge in [-0.05, 0) is 24.8 Å². The average Bonchev–Trinajstić information content (AvgIpc) is 2.12. The van der Waals surface area contributed by atoms with Gasteiger partial charge in [0, 0.05) is 19.2 Å². The van der Waals surface area contributed by atoms with Gasteiger partial charge in [0.2, 0.25) is 5.91 Å². The number of allylic oxidation sites excluding steroid dienone is 4. The Bertz CT molecular complexity index is 276. The highest BCUT2D eigenvalue weighted by molar-refractivity contribution is 5.80. The van der Waals surface area contributed by atoms with E-state index in [-0.39, 0.29) is 5.91 Å². The van der Waals surface area contributed by atoms with E-state index in [2.05, 4.69) is 12.2 Å². The van der Waals surface area contributed by atoms with E-state index in [1.54, 1.807) is 0 Å². The number of nitrogens with zero attached hydrogens (tertiary/aromatic N) is 1. The summed E-state index contributed by atoms with van der Waals surface area (Å²) >= 11 is 0. The molecular formula is C10H13NO. The number of carbonyl (C=O) groups excluding carboxylic acids is 1. The van der Waals surface area contributed by atoms with Gasteiger partial charge in [-0.1, -0.05) is 12.2 Å². The van der Waals surface area contributed by atoms with E-state index in [4.69, 9.17) is 0 Å². The molecule has 2 rings (SSSR count). The van der Waals surface area contributed by atoms with Crippen molar-refractivity contribution in [3.63, 3.8) is 0 Å². The number of rotatable bonds is 0. The standard InChI is InChI=1S/C10H13NO/c1-11-9-5-3-2-4-8(9)6-7-10(11)12/h2,4H,3,5-7H2,1H3. The Morgan fingerprint density at radius 1 is 1.33 bits per heavy atom. The van der Waals surface area contributed by atoms with Crippen LogP contribution in [0.4, 0.5) is 0 Å². The lowest BCUT2D eigenvalue weighted by molar-refractivity contribution is -0.128. The van der Waals surface area contributed by atoms with Crippen LogP contribution in [0.5, 0.6) is 0 Å². The molecule has 0 N–H and O–H groups in total. The molecule has 0 unspecified atom stereocenters. The largest absolute Gasteiger partial charge is 0.319 e. The second-order valence-electron chi connectivity index (χ2n) is 3.37. The molecule has 0 fully saturated rings. The predicted molar refractivity (Wildman–Crippen MR) is 47.4 cm³/mol. The third kappa shape index (κ3) is 1.07. The highest BCUT2D eigenvalue weighted by Gasteiger charge is 2.22. The zero-order valence-electron chi connectivity index (χ0n) is 7.34. The van der Waals surface area contributed by atoms with Gasteiger partial charge in [-0.25, -0.2) is 0 Å². The smallest absolute Gasteiger partial charge is 0.226 e. The summed E-state index contributed by atoms with van der Waals surface area (Å²) in [4.78, 5) is 13.1. The van der Waals surface area contributed by atoms with Crippen LogP contribution in [-0.2, 0) is 4.79 Å². The molecule has 0 aromatic carbocycles. The summed E-state index contributed by atoms with van der Waals surface area (Å²) in [5.74, 6) is 0.268. The van der Waals surface area contributed by atoms with Gasteiger partial charge in [0.25, 0.3) is 0 Å². The third-order valence-electron chi connectivity index (χ3n) is 2.62. The summed E-state index contributed by atoms with van der Waals surface area (Å²) in [5.41, 5.74) is 2.61. The Labute approximate surface area is 72.6 Å². The lowest BCUT2D eigenvalue weighted by atomic mass is 9.95. The summed E-state index contributed by atoms with van der Waals surface area (Å²) in [6, 6.07) is 0. The number of amides is 1. The van der Waals surface area contributed by atoms with E-state index in [0.717, 1.165) is 19.3 Å². The minimum atomic E-state index is 0.268. The predicted octanol–water partition coefficient (Wildman–Crippen LogP) is 1.84. The van der Waals surface area contributed by atoms with Crippen molar-refractivity contribution in [2.24, 2.45) is 0 Å². The van der Waals surface area contributed by atoms with Gasteiger partial charge in [-0.3, -0.25) is 4.79 Å². The Balaban J connectivity index is 2.34. The summed E-state index contributed by atoms with van der Waals surface area (Å²) in [5, 5.41) is 0. The average molecular weight is 163 g/mol. The normalized spacial score (nSPS) is 23.1. The van der Waals surface area contributed by atoms with Crippen molar-refractivity contribution < 1.29 is 4.79 Å². The Kier molecular flexibility index (Phi) is 1.75. The van der Waals surface area contributed by atoms with Crippen LogP contribution < -0.4 is 0 Å².